The highest BCUT2D eigenvalue weighted by molar-refractivity contribution is 7.89. The van der Waals surface area contributed by atoms with Crippen LogP contribution in [0.25, 0.3) is 0 Å². The Kier molecular flexibility index (Phi) is 6.36. The van der Waals surface area contributed by atoms with E-state index in [4.69, 9.17) is 4.74 Å². The van der Waals surface area contributed by atoms with Gasteiger partial charge in [0.1, 0.15) is 5.75 Å². The molecule has 1 N–H and O–H groups in total. The first-order chi connectivity index (χ1) is 13.4. The van der Waals surface area contributed by atoms with Crippen molar-refractivity contribution in [3.8, 4) is 5.75 Å². The Bertz CT molecular complexity index is 918. The normalized spacial score (nSPS) is 15.9. The van der Waals surface area contributed by atoms with E-state index in [1.807, 2.05) is 24.3 Å². The number of nitrogens with zero attached hydrogens (tertiary/aromatic N) is 1. The van der Waals surface area contributed by atoms with E-state index in [1.54, 1.807) is 19.2 Å². The minimum atomic E-state index is -3.50. The number of methoxy groups -OCH3 is 1. The second kappa shape index (κ2) is 8.75. The molecule has 0 radical (unpaired) electrons. The average Bonchev–Trinajstić information content (AvgIpc) is 2.72. The Morgan fingerprint density at radius 2 is 1.82 bits per heavy atom. The van der Waals surface area contributed by atoms with Crippen LogP contribution < -0.4 is 10.1 Å². The van der Waals surface area contributed by atoms with Crippen LogP contribution in [0.15, 0.2) is 53.4 Å². The lowest BCUT2D eigenvalue weighted by Gasteiger charge is -2.29. The van der Waals surface area contributed by atoms with Crippen molar-refractivity contribution in [1.82, 2.24) is 9.62 Å². The van der Waals surface area contributed by atoms with Crippen LogP contribution in [0.3, 0.4) is 0 Å². The van der Waals surface area contributed by atoms with Gasteiger partial charge in [0, 0.05) is 25.2 Å². The predicted octanol–water partition coefficient (Wildman–Crippen LogP) is 3.05. The van der Waals surface area contributed by atoms with Crippen molar-refractivity contribution in [3.05, 3.63) is 59.7 Å². The second-order valence-electron chi connectivity index (χ2n) is 7.15. The molecule has 1 heterocycles. The molecule has 28 heavy (non-hydrogen) atoms. The van der Waals surface area contributed by atoms with Crippen molar-refractivity contribution in [2.75, 3.05) is 20.2 Å². The minimum Gasteiger partial charge on any atom is -0.497 e. The number of carbonyl (C=O) groups excluding carboxylic acids is 1. The smallest absolute Gasteiger partial charge is 0.251 e. The van der Waals surface area contributed by atoms with E-state index in [1.165, 1.54) is 16.4 Å². The Hall–Kier alpha value is -2.38. The fourth-order valence-corrected chi connectivity index (χ4v) is 4.69. The summed E-state index contributed by atoms with van der Waals surface area (Å²) in [6.45, 7) is 3.60. The largest absolute Gasteiger partial charge is 0.497 e. The molecule has 2 aromatic carbocycles. The van der Waals surface area contributed by atoms with Gasteiger partial charge in [-0.25, -0.2) is 8.42 Å². The lowest BCUT2D eigenvalue weighted by atomic mass is 10.0. The fourth-order valence-electron chi connectivity index (χ4n) is 3.22. The first-order valence-electron chi connectivity index (χ1n) is 9.41. The van der Waals surface area contributed by atoms with Gasteiger partial charge in [0.15, 0.2) is 0 Å². The molecule has 3 rings (SSSR count). The van der Waals surface area contributed by atoms with Crippen LogP contribution in [0.4, 0.5) is 0 Å². The van der Waals surface area contributed by atoms with Crippen LogP contribution in [0.5, 0.6) is 5.75 Å². The van der Waals surface area contributed by atoms with Crippen LogP contribution in [0, 0.1) is 5.92 Å². The topological polar surface area (TPSA) is 75.7 Å². The van der Waals surface area contributed by atoms with Crippen LogP contribution in [0.2, 0.25) is 0 Å². The van der Waals surface area contributed by atoms with Crippen molar-refractivity contribution >= 4 is 15.9 Å². The quantitative estimate of drug-likeness (QED) is 0.806. The zero-order valence-corrected chi connectivity index (χ0v) is 17.0. The highest BCUT2D eigenvalue weighted by Crippen LogP contribution is 2.23. The van der Waals surface area contributed by atoms with Gasteiger partial charge in [0.25, 0.3) is 5.91 Å². The molecule has 0 atom stereocenters. The maximum atomic E-state index is 12.8. The molecular weight excluding hydrogens is 376 g/mol. The third-order valence-electron chi connectivity index (χ3n) is 5.08. The summed E-state index contributed by atoms with van der Waals surface area (Å²) in [7, 11) is -1.91. The van der Waals surface area contributed by atoms with Crippen molar-refractivity contribution in [1.29, 1.82) is 0 Å². The summed E-state index contributed by atoms with van der Waals surface area (Å²) in [6, 6.07) is 13.6. The molecule has 1 fully saturated rings. The maximum Gasteiger partial charge on any atom is 0.251 e. The number of benzene rings is 2. The zero-order chi connectivity index (χ0) is 20.1. The van der Waals surface area contributed by atoms with Gasteiger partial charge in [-0.3, -0.25) is 4.79 Å². The van der Waals surface area contributed by atoms with Gasteiger partial charge in [-0.1, -0.05) is 19.1 Å². The summed E-state index contributed by atoms with van der Waals surface area (Å²) in [5.41, 5.74) is 1.35. The van der Waals surface area contributed by atoms with Crippen LogP contribution in [-0.4, -0.2) is 38.8 Å². The Morgan fingerprint density at radius 3 is 2.46 bits per heavy atom. The van der Waals surface area contributed by atoms with Gasteiger partial charge < -0.3 is 10.1 Å². The highest BCUT2D eigenvalue weighted by atomic mass is 32.2. The van der Waals surface area contributed by atoms with Gasteiger partial charge in [-0.05, 0) is 60.7 Å². The van der Waals surface area contributed by atoms with E-state index >= 15 is 0 Å². The molecule has 0 aromatic heterocycles. The molecule has 150 valence electrons. The molecule has 0 aliphatic carbocycles. The maximum absolute atomic E-state index is 12.8. The average molecular weight is 403 g/mol. The van der Waals surface area contributed by atoms with E-state index in [2.05, 4.69) is 12.2 Å². The number of ether oxygens (including phenoxy) is 1. The van der Waals surface area contributed by atoms with E-state index in [-0.39, 0.29) is 10.8 Å². The van der Waals surface area contributed by atoms with E-state index in [9.17, 15) is 13.2 Å². The van der Waals surface area contributed by atoms with Crippen LogP contribution in [0.1, 0.15) is 35.7 Å². The molecule has 0 bridgehead atoms. The van der Waals surface area contributed by atoms with Crippen LogP contribution in [-0.2, 0) is 16.6 Å². The summed E-state index contributed by atoms with van der Waals surface area (Å²) in [4.78, 5) is 12.6. The number of hydrogen-bond donors (Lipinski definition) is 1. The van der Waals surface area contributed by atoms with Gasteiger partial charge in [-0.15, -0.1) is 0 Å². The molecule has 6 nitrogen and oxygen atoms in total. The van der Waals surface area contributed by atoms with Crippen molar-refractivity contribution < 1.29 is 17.9 Å². The molecule has 7 heteroatoms. The fraction of sp³-hybridized carbons (Fsp3) is 0.381. The van der Waals surface area contributed by atoms with E-state index in [0.29, 0.717) is 31.1 Å². The Labute approximate surface area is 166 Å². The first-order valence-corrected chi connectivity index (χ1v) is 10.9. The molecule has 1 aliphatic rings. The van der Waals surface area contributed by atoms with E-state index < -0.39 is 10.0 Å². The summed E-state index contributed by atoms with van der Waals surface area (Å²) in [5.74, 6) is 1.04. The predicted molar refractivity (Wildman–Crippen MR) is 108 cm³/mol. The SMILES string of the molecule is COc1cccc(CNC(=O)c2ccc(S(=O)(=O)N3CCC(C)CC3)cc2)c1. The number of sulfonamides is 1. The summed E-state index contributed by atoms with van der Waals surface area (Å²) < 4.78 is 32.2. The lowest BCUT2D eigenvalue weighted by Crippen LogP contribution is -2.37. The third-order valence-corrected chi connectivity index (χ3v) is 7.00. The zero-order valence-electron chi connectivity index (χ0n) is 16.2. The molecule has 0 saturated carbocycles. The van der Waals surface area contributed by atoms with E-state index in [0.717, 1.165) is 24.2 Å². The van der Waals surface area contributed by atoms with Gasteiger partial charge in [-0.2, -0.15) is 4.31 Å². The molecule has 0 spiro atoms. The van der Waals surface area contributed by atoms with Crippen LogP contribution >= 0.6 is 0 Å². The molecule has 1 aliphatic heterocycles. The number of hydrogen-bond acceptors (Lipinski definition) is 4. The summed E-state index contributed by atoms with van der Waals surface area (Å²) in [5, 5.41) is 2.84. The van der Waals surface area contributed by atoms with Gasteiger partial charge >= 0.3 is 0 Å². The number of rotatable bonds is 6. The minimum absolute atomic E-state index is 0.228. The number of nitrogens with one attached hydrogen (secondary N) is 1. The first kappa shape index (κ1) is 20.4. The standard InChI is InChI=1S/C21H26N2O4S/c1-16-10-12-23(13-11-16)28(25,26)20-8-6-18(7-9-20)21(24)22-15-17-4-3-5-19(14-17)27-2/h3-9,14,16H,10-13,15H2,1-2H3,(H,22,24). The highest BCUT2D eigenvalue weighted by Gasteiger charge is 2.28. The molecule has 1 saturated heterocycles. The lowest BCUT2D eigenvalue weighted by molar-refractivity contribution is 0.0950. The van der Waals surface area contributed by atoms with Gasteiger partial charge in [0.05, 0.1) is 12.0 Å². The second-order valence-corrected chi connectivity index (χ2v) is 9.08. The summed E-state index contributed by atoms with van der Waals surface area (Å²) >= 11 is 0. The molecule has 0 unspecified atom stereocenters. The van der Waals surface area contributed by atoms with Crippen molar-refractivity contribution in [2.45, 2.75) is 31.2 Å². The molecular formula is C21H26N2O4S. The Balaban J connectivity index is 1.63. The molecule has 2 aromatic rings. The number of carbonyl (C=O) groups is 1. The number of amides is 1. The number of piperidine rings is 1. The van der Waals surface area contributed by atoms with Gasteiger partial charge in [0.2, 0.25) is 10.0 Å². The van der Waals surface area contributed by atoms with Crippen molar-refractivity contribution in [3.63, 3.8) is 0 Å². The Morgan fingerprint density at radius 1 is 1.14 bits per heavy atom. The van der Waals surface area contributed by atoms with Crippen molar-refractivity contribution in [2.24, 2.45) is 5.92 Å². The monoisotopic (exact) mass is 402 g/mol. The summed E-state index contributed by atoms with van der Waals surface area (Å²) in [6.07, 6.45) is 1.76. The third kappa shape index (κ3) is 4.72. The molecule has 1 amide bonds.